The lowest BCUT2D eigenvalue weighted by Gasteiger charge is -2.25. The zero-order chi connectivity index (χ0) is 20.5. The first-order valence-electron chi connectivity index (χ1n) is 9.33. The van der Waals surface area contributed by atoms with E-state index in [0.29, 0.717) is 35.4 Å². The van der Waals surface area contributed by atoms with Crippen LogP contribution in [0.2, 0.25) is 0 Å². The Hall–Kier alpha value is -3.61. The monoisotopic (exact) mass is 392 g/mol. The highest BCUT2D eigenvalue weighted by molar-refractivity contribution is 6.16. The fraction of sp³-hybridized carbons (Fsp3) is 0.227. The van der Waals surface area contributed by atoms with Crippen LogP contribution in [0.4, 0.5) is 0 Å². The molecule has 0 aliphatic carbocycles. The number of nitrogens with zero attached hydrogens (tertiary/aromatic N) is 2. The lowest BCUT2D eigenvalue weighted by Crippen LogP contribution is -2.32. The van der Waals surface area contributed by atoms with Gasteiger partial charge in [-0.25, -0.2) is 0 Å². The first kappa shape index (κ1) is 18.7. The van der Waals surface area contributed by atoms with E-state index < -0.39 is 23.5 Å². The zero-order valence-corrected chi connectivity index (χ0v) is 16.1. The van der Waals surface area contributed by atoms with E-state index in [1.807, 2.05) is 6.92 Å². The molecule has 1 aliphatic heterocycles. The summed E-state index contributed by atoms with van der Waals surface area (Å²) in [6.45, 7) is 2.31. The number of carbonyl (C=O) groups excluding carboxylic acids is 2. The third kappa shape index (κ3) is 3.04. The molecule has 1 aliphatic rings. The Bertz CT molecular complexity index is 1120. The summed E-state index contributed by atoms with van der Waals surface area (Å²) in [4.78, 5) is 31.8. The maximum atomic E-state index is 13.3. The maximum Gasteiger partial charge on any atom is 0.290 e. The zero-order valence-electron chi connectivity index (χ0n) is 16.1. The highest BCUT2D eigenvalue weighted by Gasteiger charge is 2.44. The molecule has 0 saturated heterocycles. The number of ether oxygens (including phenoxy) is 1. The van der Waals surface area contributed by atoms with Gasteiger partial charge in [0.2, 0.25) is 5.78 Å². The van der Waals surface area contributed by atoms with Crippen molar-refractivity contribution >= 4 is 22.7 Å². The van der Waals surface area contributed by atoms with E-state index in [9.17, 15) is 14.7 Å². The maximum absolute atomic E-state index is 13.3. The normalized spacial score (nSPS) is 16.7. The molecule has 0 bridgehead atoms. The SMILES string of the molecule is CCCN1C(=O)C(O)=C(C(=O)c2cc3cccc(OC)c3o2)C1c1ccccn1. The Kier molecular flexibility index (Phi) is 4.80. The topological polar surface area (TPSA) is 92.9 Å². The number of rotatable bonds is 6. The van der Waals surface area contributed by atoms with Crippen LogP contribution in [0.1, 0.15) is 35.6 Å². The number of benzene rings is 1. The van der Waals surface area contributed by atoms with E-state index in [0.717, 1.165) is 0 Å². The molecule has 1 atom stereocenters. The van der Waals surface area contributed by atoms with Crippen LogP contribution in [-0.4, -0.2) is 40.3 Å². The average molecular weight is 392 g/mol. The second-order valence-electron chi connectivity index (χ2n) is 6.74. The minimum atomic E-state index is -0.772. The minimum absolute atomic E-state index is 0.0260. The van der Waals surface area contributed by atoms with Crippen LogP contribution in [0.3, 0.4) is 0 Å². The van der Waals surface area contributed by atoms with Gasteiger partial charge in [-0.3, -0.25) is 14.6 Å². The molecule has 7 heteroatoms. The predicted octanol–water partition coefficient (Wildman–Crippen LogP) is 3.82. The van der Waals surface area contributed by atoms with E-state index in [4.69, 9.17) is 9.15 Å². The van der Waals surface area contributed by atoms with Crippen LogP contribution >= 0.6 is 0 Å². The van der Waals surface area contributed by atoms with Gasteiger partial charge in [-0.05, 0) is 30.7 Å². The van der Waals surface area contributed by atoms with Gasteiger partial charge in [-0.1, -0.05) is 25.1 Å². The van der Waals surface area contributed by atoms with Crippen molar-refractivity contribution in [3.63, 3.8) is 0 Å². The summed E-state index contributed by atoms with van der Waals surface area (Å²) in [5.74, 6) is -1.18. The van der Waals surface area contributed by atoms with Gasteiger partial charge in [-0.15, -0.1) is 0 Å². The fourth-order valence-corrected chi connectivity index (χ4v) is 3.64. The number of fused-ring (bicyclic) bond motifs is 1. The van der Waals surface area contributed by atoms with E-state index in [2.05, 4.69) is 4.98 Å². The summed E-state index contributed by atoms with van der Waals surface area (Å²) in [6.07, 6.45) is 2.26. The Labute approximate surface area is 167 Å². The van der Waals surface area contributed by atoms with Gasteiger partial charge in [0.25, 0.3) is 5.91 Å². The molecule has 0 spiro atoms. The summed E-state index contributed by atoms with van der Waals surface area (Å²) >= 11 is 0. The molecule has 2 aromatic heterocycles. The van der Waals surface area contributed by atoms with Crippen LogP contribution in [0.5, 0.6) is 5.75 Å². The number of aromatic nitrogens is 1. The molecule has 1 aromatic carbocycles. The first-order valence-corrected chi connectivity index (χ1v) is 9.33. The number of hydrogen-bond acceptors (Lipinski definition) is 6. The Balaban J connectivity index is 1.82. The third-order valence-corrected chi connectivity index (χ3v) is 4.93. The largest absolute Gasteiger partial charge is 0.503 e. The molecule has 148 valence electrons. The lowest BCUT2D eigenvalue weighted by molar-refractivity contribution is -0.129. The van der Waals surface area contributed by atoms with Gasteiger partial charge >= 0.3 is 0 Å². The van der Waals surface area contributed by atoms with Gasteiger partial charge in [0, 0.05) is 18.1 Å². The number of methoxy groups -OCH3 is 1. The van der Waals surface area contributed by atoms with Crippen LogP contribution in [0.15, 0.2) is 64.4 Å². The van der Waals surface area contributed by atoms with Gasteiger partial charge in [0.05, 0.1) is 18.4 Å². The highest BCUT2D eigenvalue weighted by atomic mass is 16.5. The van der Waals surface area contributed by atoms with Gasteiger partial charge < -0.3 is 19.2 Å². The number of aliphatic hydroxyl groups excluding tert-OH is 1. The molecule has 3 heterocycles. The lowest BCUT2D eigenvalue weighted by atomic mass is 9.98. The van der Waals surface area contributed by atoms with Gasteiger partial charge in [-0.2, -0.15) is 0 Å². The van der Waals surface area contributed by atoms with Gasteiger partial charge in [0.1, 0.15) is 6.04 Å². The van der Waals surface area contributed by atoms with Crippen molar-refractivity contribution in [2.24, 2.45) is 0 Å². The van der Waals surface area contributed by atoms with Crippen LogP contribution in [-0.2, 0) is 4.79 Å². The van der Waals surface area contributed by atoms with Crippen molar-refractivity contribution in [3.05, 3.63) is 71.4 Å². The van der Waals surface area contributed by atoms with Crippen molar-refractivity contribution in [2.45, 2.75) is 19.4 Å². The molecule has 29 heavy (non-hydrogen) atoms. The molecule has 1 amide bonds. The third-order valence-electron chi connectivity index (χ3n) is 4.93. The quantitative estimate of drug-likeness (QED) is 0.641. The van der Waals surface area contributed by atoms with Crippen LogP contribution in [0, 0.1) is 0 Å². The fourth-order valence-electron chi connectivity index (χ4n) is 3.64. The molecule has 0 saturated carbocycles. The second kappa shape index (κ2) is 7.43. The Morgan fingerprint density at radius 3 is 2.79 bits per heavy atom. The summed E-state index contributed by atoms with van der Waals surface area (Å²) in [5.41, 5.74) is 0.915. The van der Waals surface area contributed by atoms with E-state index in [1.54, 1.807) is 48.7 Å². The Morgan fingerprint density at radius 1 is 1.28 bits per heavy atom. The smallest absolute Gasteiger partial charge is 0.290 e. The van der Waals surface area contributed by atoms with E-state index >= 15 is 0 Å². The molecule has 4 rings (SSSR count). The number of carbonyl (C=O) groups is 2. The van der Waals surface area contributed by atoms with Crippen molar-refractivity contribution in [2.75, 3.05) is 13.7 Å². The number of hydrogen-bond donors (Lipinski definition) is 1. The number of amides is 1. The van der Waals surface area contributed by atoms with Crippen LogP contribution < -0.4 is 4.74 Å². The number of pyridine rings is 1. The summed E-state index contributed by atoms with van der Waals surface area (Å²) in [7, 11) is 1.52. The molecule has 1 unspecified atom stereocenters. The molecular weight excluding hydrogens is 372 g/mol. The molecule has 0 fully saturated rings. The first-order chi connectivity index (χ1) is 14.1. The van der Waals surface area contributed by atoms with E-state index in [-0.39, 0.29) is 11.3 Å². The number of Topliss-reactive ketones (excluding diaryl/α,β-unsaturated/α-hetero) is 1. The predicted molar refractivity (Wildman–Crippen MR) is 106 cm³/mol. The highest BCUT2D eigenvalue weighted by Crippen LogP contribution is 2.39. The van der Waals surface area contributed by atoms with Crippen molar-refractivity contribution in [1.29, 1.82) is 0 Å². The minimum Gasteiger partial charge on any atom is -0.503 e. The number of ketones is 1. The van der Waals surface area contributed by atoms with Crippen LogP contribution in [0.25, 0.3) is 11.0 Å². The summed E-state index contributed by atoms with van der Waals surface area (Å²) in [6, 6.07) is 11.4. The number of aliphatic hydroxyl groups is 1. The average Bonchev–Trinajstić information content (AvgIpc) is 3.29. The summed E-state index contributed by atoms with van der Waals surface area (Å²) in [5, 5.41) is 11.3. The Morgan fingerprint density at radius 2 is 2.10 bits per heavy atom. The molecule has 1 N–H and O–H groups in total. The van der Waals surface area contributed by atoms with Crippen molar-refractivity contribution < 1.29 is 23.8 Å². The second-order valence-corrected chi connectivity index (χ2v) is 6.74. The standard InChI is InChI=1S/C22H20N2O5/c1-3-11-24-18(14-8-4-5-10-23-14)17(20(26)22(24)27)19(25)16-12-13-7-6-9-15(28-2)21(13)29-16/h4-10,12,18,26H,3,11H2,1-2H3. The number of para-hydroxylation sites is 1. The van der Waals surface area contributed by atoms with Crippen molar-refractivity contribution in [1.82, 2.24) is 9.88 Å². The van der Waals surface area contributed by atoms with Gasteiger partial charge in [0.15, 0.2) is 22.9 Å². The van der Waals surface area contributed by atoms with Crippen molar-refractivity contribution in [3.8, 4) is 5.75 Å². The van der Waals surface area contributed by atoms with E-state index in [1.165, 1.54) is 12.0 Å². The summed E-state index contributed by atoms with van der Waals surface area (Å²) < 4.78 is 11.0. The molecule has 0 radical (unpaired) electrons. The molecule has 7 nitrogen and oxygen atoms in total. The molecule has 3 aromatic rings. The number of furan rings is 1. The molecular formula is C22H20N2O5.